The van der Waals surface area contributed by atoms with E-state index in [0.29, 0.717) is 11.2 Å². The molecule has 3 heterocycles. The molecule has 2 aromatic rings. The van der Waals surface area contributed by atoms with Crippen LogP contribution in [0.2, 0.25) is 0 Å². The number of imidazole rings is 1. The molecule has 0 amide bonds. The maximum Gasteiger partial charge on any atom is 0.177 e. The first-order chi connectivity index (χ1) is 10.5. The maximum absolute atomic E-state index is 11.2. The maximum atomic E-state index is 11.2. The standard InChI is InChI=1S/C15H21N5O3/c1-6-12(2)13(3,21)14(4,22)15(5,23-12)20-8-19-9-10(16)17-7-18-11(9)20/h6-8,21-22H,1H2,2-5H3,(H2,16,17,18)/t12-,13+,14?,15-/m1/s1. The average molecular weight is 319 g/mol. The van der Waals surface area contributed by atoms with Gasteiger partial charge >= 0.3 is 0 Å². The summed E-state index contributed by atoms with van der Waals surface area (Å²) in [6, 6.07) is 0. The van der Waals surface area contributed by atoms with Crippen molar-refractivity contribution in [2.45, 2.75) is 50.2 Å². The second-order valence-electron chi connectivity index (χ2n) is 6.59. The van der Waals surface area contributed by atoms with Crippen LogP contribution < -0.4 is 5.73 Å². The molecule has 1 aliphatic rings. The summed E-state index contributed by atoms with van der Waals surface area (Å²) in [6.07, 6.45) is 4.26. The summed E-state index contributed by atoms with van der Waals surface area (Å²) in [5.74, 6) is 0.230. The van der Waals surface area contributed by atoms with Crippen LogP contribution in [0.4, 0.5) is 5.82 Å². The Morgan fingerprint density at radius 2 is 1.83 bits per heavy atom. The number of anilines is 1. The van der Waals surface area contributed by atoms with Crippen LogP contribution in [0, 0.1) is 0 Å². The van der Waals surface area contributed by atoms with Crippen molar-refractivity contribution in [3.63, 3.8) is 0 Å². The summed E-state index contributed by atoms with van der Waals surface area (Å²) in [5.41, 5.74) is 0.817. The number of aromatic nitrogens is 4. The number of rotatable bonds is 2. The highest BCUT2D eigenvalue weighted by atomic mass is 16.6. The molecule has 8 heteroatoms. The molecule has 1 saturated heterocycles. The summed E-state index contributed by atoms with van der Waals surface area (Å²) in [4.78, 5) is 12.3. The Balaban J connectivity index is 2.29. The van der Waals surface area contributed by atoms with Gasteiger partial charge in [0.15, 0.2) is 17.2 Å². The molecule has 0 bridgehead atoms. The Labute approximate surface area is 133 Å². The first-order valence-corrected chi connectivity index (χ1v) is 7.24. The van der Waals surface area contributed by atoms with Gasteiger partial charge in [0.25, 0.3) is 0 Å². The van der Waals surface area contributed by atoms with E-state index in [4.69, 9.17) is 10.5 Å². The van der Waals surface area contributed by atoms with Crippen LogP contribution >= 0.6 is 0 Å². The predicted molar refractivity (Wildman–Crippen MR) is 84.3 cm³/mol. The van der Waals surface area contributed by atoms with Gasteiger partial charge in [0.05, 0.1) is 6.33 Å². The van der Waals surface area contributed by atoms with Gasteiger partial charge in [-0.05, 0) is 27.7 Å². The highest BCUT2D eigenvalue weighted by molar-refractivity contribution is 5.81. The van der Waals surface area contributed by atoms with Crippen molar-refractivity contribution >= 4 is 17.0 Å². The third kappa shape index (κ3) is 1.63. The molecule has 23 heavy (non-hydrogen) atoms. The zero-order valence-corrected chi connectivity index (χ0v) is 13.6. The molecule has 4 atom stereocenters. The first-order valence-electron chi connectivity index (χ1n) is 7.24. The van der Waals surface area contributed by atoms with E-state index < -0.39 is 22.5 Å². The minimum absolute atomic E-state index is 0.230. The quantitative estimate of drug-likeness (QED) is 0.692. The van der Waals surface area contributed by atoms with Gasteiger partial charge in [0, 0.05) is 0 Å². The van der Waals surface area contributed by atoms with Gasteiger partial charge in [-0.15, -0.1) is 6.58 Å². The number of nitrogen functional groups attached to an aromatic ring is 1. The molecule has 2 aromatic heterocycles. The van der Waals surface area contributed by atoms with Gasteiger partial charge in [-0.3, -0.25) is 4.57 Å². The van der Waals surface area contributed by atoms with Crippen LogP contribution in [0.5, 0.6) is 0 Å². The van der Waals surface area contributed by atoms with Crippen molar-refractivity contribution in [3.8, 4) is 0 Å². The Hall–Kier alpha value is -2.03. The average Bonchev–Trinajstić information content (AvgIpc) is 2.95. The molecule has 0 aromatic carbocycles. The summed E-state index contributed by atoms with van der Waals surface area (Å²) in [5, 5.41) is 22.1. The van der Waals surface area contributed by atoms with Crippen LogP contribution in [0.3, 0.4) is 0 Å². The largest absolute Gasteiger partial charge is 0.384 e. The van der Waals surface area contributed by atoms with Crippen molar-refractivity contribution in [2.75, 3.05) is 5.73 Å². The van der Waals surface area contributed by atoms with Crippen LogP contribution in [0.15, 0.2) is 25.3 Å². The molecule has 1 fully saturated rings. The van der Waals surface area contributed by atoms with E-state index in [1.54, 1.807) is 18.4 Å². The van der Waals surface area contributed by atoms with Gasteiger partial charge < -0.3 is 20.7 Å². The summed E-state index contributed by atoms with van der Waals surface area (Å²) < 4.78 is 7.67. The lowest BCUT2D eigenvalue weighted by molar-refractivity contribution is -0.186. The normalized spacial score (nSPS) is 40.6. The fourth-order valence-corrected chi connectivity index (χ4v) is 3.24. The molecule has 1 aliphatic heterocycles. The van der Waals surface area contributed by atoms with Crippen molar-refractivity contribution in [3.05, 3.63) is 25.3 Å². The summed E-state index contributed by atoms with van der Waals surface area (Å²) in [7, 11) is 0. The third-order valence-corrected chi connectivity index (χ3v) is 5.44. The molecule has 0 radical (unpaired) electrons. The highest BCUT2D eigenvalue weighted by Gasteiger charge is 2.72. The van der Waals surface area contributed by atoms with E-state index in [1.165, 1.54) is 32.6 Å². The Kier molecular flexibility index (Phi) is 2.95. The molecule has 1 unspecified atom stereocenters. The smallest absolute Gasteiger partial charge is 0.177 e. The van der Waals surface area contributed by atoms with Gasteiger partial charge in [0.1, 0.15) is 28.6 Å². The Morgan fingerprint density at radius 3 is 2.39 bits per heavy atom. The van der Waals surface area contributed by atoms with E-state index >= 15 is 0 Å². The van der Waals surface area contributed by atoms with E-state index in [1.807, 2.05) is 0 Å². The minimum atomic E-state index is -1.67. The number of hydrogen-bond acceptors (Lipinski definition) is 7. The summed E-state index contributed by atoms with van der Waals surface area (Å²) in [6.45, 7) is 10.1. The number of nitrogens with two attached hydrogens (primary N) is 1. The Morgan fingerprint density at radius 1 is 1.17 bits per heavy atom. The van der Waals surface area contributed by atoms with E-state index in [2.05, 4.69) is 21.5 Å². The molecular formula is C15H21N5O3. The Bertz CT molecular complexity index is 800. The van der Waals surface area contributed by atoms with Gasteiger partial charge in [-0.1, -0.05) is 6.08 Å². The number of fused-ring (bicyclic) bond motifs is 1. The number of nitrogens with zero attached hydrogens (tertiary/aromatic N) is 4. The molecule has 124 valence electrons. The first kappa shape index (κ1) is 15.9. The topological polar surface area (TPSA) is 119 Å². The molecule has 4 N–H and O–H groups in total. The van der Waals surface area contributed by atoms with Crippen molar-refractivity contribution in [1.82, 2.24) is 19.5 Å². The highest BCUT2D eigenvalue weighted by Crippen LogP contribution is 2.55. The fraction of sp³-hybridized carbons (Fsp3) is 0.533. The van der Waals surface area contributed by atoms with Crippen LogP contribution in [-0.2, 0) is 10.5 Å². The fourth-order valence-electron chi connectivity index (χ4n) is 3.24. The molecule has 3 rings (SSSR count). The zero-order valence-electron chi connectivity index (χ0n) is 13.6. The zero-order chi connectivity index (χ0) is 17.3. The monoisotopic (exact) mass is 319 g/mol. The van der Waals surface area contributed by atoms with E-state index in [0.717, 1.165) is 0 Å². The molecule has 0 spiro atoms. The van der Waals surface area contributed by atoms with E-state index in [-0.39, 0.29) is 5.82 Å². The van der Waals surface area contributed by atoms with Crippen molar-refractivity contribution in [1.29, 1.82) is 0 Å². The van der Waals surface area contributed by atoms with Crippen LogP contribution in [-0.4, -0.2) is 46.5 Å². The summed E-state index contributed by atoms with van der Waals surface area (Å²) >= 11 is 0. The third-order valence-electron chi connectivity index (χ3n) is 5.44. The van der Waals surface area contributed by atoms with Crippen LogP contribution in [0.1, 0.15) is 27.7 Å². The molecular weight excluding hydrogens is 298 g/mol. The van der Waals surface area contributed by atoms with Gasteiger partial charge in [0.2, 0.25) is 0 Å². The van der Waals surface area contributed by atoms with Gasteiger partial charge in [-0.2, -0.15) is 0 Å². The number of ether oxygens (including phenoxy) is 1. The SMILES string of the molecule is C=C[C@@]1(C)O[C@@](C)(n2cnc3c(N)ncnc32)C(C)(O)[C@@]1(C)O. The van der Waals surface area contributed by atoms with Crippen molar-refractivity contribution in [2.24, 2.45) is 0 Å². The van der Waals surface area contributed by atoms with Crippen molar-refractivity contribution < 1.29 is 14.9 Å². The molecule has 0 saturated carbocycles. The minimum Gasteiger partial charge on any atom is -0.384 e. The predicted octanol–water partition coefficient (Wildman–Crippen LogP) is 0.558. The second-order valence-corrected chi connectivity index (χ2v) is 6.59. The second kappa shape index (κ2) is 4.28. The number of hydrogen-bond donors (Lipinski definition) is 3. The lowest BCUT2D eigenvalue weighted by Gasteiger charge is -2.41. The van der Waals surface area contributed by atoms with Crippen LogP contribution in [0.25, 0.3) is 11.2 Å². The van der Waals surface area contributed by atoms with E-state index in [9.17, 15) is 10.2 Å². The molecule has 0 aliphatic carbocycles. The number of aliphatic hydroxyl groups is 2. The van der Waals surface area contributed by atoms with Gasteiger partial charge in [-0.25, -0.2) is 15.0 Å². The lowest BCUT2D eigenvalue weighted by atomic mass is 9.73. The lowest BCUT2D eigenvalue weighted by Crippen LogP contribution is -2.61. The molecule has 8 nitrogen and oxygen atoms in total.